The number of amides is 2. The smallest absolute Gasteiger partial charge is 0.307 e. The number of carbonyl (C=O) groups is 3. The minimum atomic E-state index is -0.938. The number of likely N-dealkylation sites (tertiary alicyclic amines) is 1. The third-order valence-corrected chi connectivity index (χ3v) is 8.60. The van der Waals surface area contributed by atoms with Gasteiger partial charge in [-0.15, -0.1) is 10.2 Å². The van der Waals surface area contributed by atoms with Gasteiger partial charge in [-0.25, -0.2) is 0 Å². The molecule has 4 heterocycles. The molecule has 11 heteroatoms. The lowest BCUT2D eigenvalue weighted by molar-refractivity contribution is -0.157. The maximum absolute atomic E-state index is 14.1. The molecule has 1 aliphatic carbocycles. The van der Waals surface area contributed by atoms with E-state index in [1.807, 2.05) is 28.8 Å². The van der Waals surface area contributed by atoms with E-state index in [2.05, 4.69) is 10.2 Å². The van der Waals surface area contributed by atoms with Gasteiger partial charge in [-0.1, -0.05) is 30.5 Å². The summed E-state index contributed by atoms with van der Waals surface area (Å²) in [4.78, 5) is 42.6. The van der Waals surface area contributed by atoms with Gasteiger partial charge in [0.15, 0.2) is 11.5 Å². The van der Waals surface area contributed by atoms with Gasteiger partial charge in [0.25, 0.3) is 0 Å². The SMILES string of the molecule is O=C(O)[C@H]1CCCC[C@H]1C(=O)N1CCc2c(Cl)ccc(OCc3nnc4ccccn34)c2C1N1CCCC1=O. The number of rotatable bonds is 6. The van der Waals surface area contributed by atoms with Crippen molar-refractivity contribution < 1.29 is 24.2 Å². The molecule has 3 aromatic rings. The number of carboxylic acid groups (broad SMARTS) is 1. The van der Waals surface area contributed by atoms with E-state index < -0.39 is 24.0 Å². The lowest BCUT2D eigenvalue weighted by atomic mass is 9.78. The van der Waals surface area contributed by atoms with Crippen LogP contribution < -0.4 is 4.74 Å². The van der Waals surface area contributed by atoms with Crippen molar-refractivity contribution in [2.45, 2.75) is 57.7 Å². The minimum Gasteiger partial charge on any atom is -0.485 e. The van der Waals surface area contributed by atoms with Crippen LogP contribution in [-0.2, 0) is 27.4 Å². The summed E-state index contributed by atoms with van der Waals surface area (Å²) in [6.07, 6.45) is 5.33. The van der Waals surface area contributed by atoms with Crippen molar-refractivity contribution in [1.29, 1.82) is 0 Å². The lowest BCUT2D eigenvalue weighted by Gasteiger charge is -2.45. The number of halogens is 1. The van der Waals surface area contributed by atoms with Crippen LogP contribution in [0.25, 0.3) is 5.65 Å². The summed E-state index contributed by atoms with van der Waals surface area (Å²) in [6.45, 7) is 0.971. The van der Waals surface area contributed by atoms with Crippen molar-refractivity contribution in [3.63, 3.8) is 0 Å². The summed E-state index contributed by atoms with van der Waals surface area (Å²) in [7, 11) is 0. The van der Waals surface area contributed by atoms with Gasteiger partial charge in [-0.05, 0) is 55.5 Å². The van der Waals surface area contributed by atoms with Gasteiger partial charge in [-0.3, -0.25) is 18.8 Å². The molecular formula is C28H30ClN5O5. The summed E-state index contributed by atoms with van der Waals surface area (Å²) >= 11 is 6.67. The molecule has 0 bridgehead atoms. The molecule has 2 amide bonds. The van der Waals surface area contributed by atoms with Gasteiger partial charge < -0.3 is 19.6 Å². The fourth-order valence-corrected chi connectivity index (χ4v) is 6.60. The highest BCUT2D eigenvalue weighted by Gasteiger charge is 2.46. The van der Waals surface area contributed by atoms with Gasteiger partial charge in [0.1, 0.15) is 18.5 Å². The molecule has 1 saturated carbocycles. The maximum Gasteiger partial charge on any atom is 0.307 e. The largest absolute Gasteiger partial charge is 0.485 e. The monoisotopic (exact) mass is 551 g/mol. The topological polar surface area (TPSA) is 117 Å². The first kappa shape index (κ1) is 25.6. The van der Waals surface area contributed by atoms with E-state index in [-0.39, 0.29) is 18.4 Å². The van der Waals surface area contributed by atoms with Crippen LogP contribution in [0.5, 0.6) is 5.75 Å². The van der Waals surface area contributed by atoms with Crippen molar-refractivity contribution in [1.82, 2.24) is 24.4 Å². The summed E-state index contributed by atoms with van der Waals surface area (Å²) in [5, 5.41) is 18.9. The van der Waals surface area contributed by atoms with Crippen LogP contribution in [0.2, 0.25) is 5.02 Å². The zero-order valence-corrected chi connectivity index (χ0v) is 22.2. The van der Waals surface area contributed by atoms with E-state index in [1.165, 1.54) is 0 Å². The molecule has 1 aromatic carbocycles. The number of nitrogens with zero attached hydrogens (tertiary/aromatic N) is 5. The fraction of sp³-hybridized carbons (Fsp3) is 0.464. The number of ether oxygens (including phenoxy) is 1. The Labute approximate surface area is 230 Å². The van der Waals surface area contributed by atoms with Crippen molar-refractivity contribution >= 4 is 35.0 Å². The number of benzene rings is 1. The number of aliphatic carboxylic acids is 1. The van der Waals surface area contributed by atoms with Crippen LogP contribution in [0.4, 0.5) is 0 Å². The van der Waals surface area contributed by atoms with E-state index >= 15 is 0 Å². The number of pyridine rings is 1. The van der Waals surface area contributed by atoms with Crippen molar-refractivity contribution in [3.05, 3.63) is 58.5 Å². The Morgan fingerprint density at radius 3 is 2.62 bits per heavy atom. The van der Waals surface area contributed by atoms with Gasteiger partial charge in [0.05, 0.1) is 11.8 Å². The number of hydrogen-bond donors (Lipinski definition) is 1. The molecule has 2 fully saturated rings. The zero-order valence-electron chi connectivity index (χ0n) is 21.5. The minimum absolute atomic E-state index is 0.0431. The first-order chi connectivity index (χ1) is 18.9. The van der Waals surface area contributed by atoms with Crippen LogP contribution in [0.3, 0.4) is 0 Å². The Morgan fingerprint density at radius 1 is 1.03 bits per heavy atom. The van der Waals surface area contributed by atoms with Crippen LogP contribution >= 0.6 is 11.6 Å². The van der Waals surface area contributed by atoms with Crippen molar-refractivity contribution in [2.24, 2.45) is 11.8 Å². The van der Waals surface area contributed by atoms with Gasteiger partial charge in [0.2, 0.25) is 11.8 Å². The predicted molar refractivity (Wildman–Crippen MR) is 141 cm³/mol. The lowest BCUT2D eigenvalue weighted by Crippen LogP contribution is -2.52. The molecule has 1 N–H and O–H groups in total. The van der Waals surface area contributed by atoms with Gasteiger partial charge in [0, 0.05) is 36.3 Å². The number of carboxylic acids is 1. The first-order valence-electron chi connectivity index (χ1n) is 13.5. The average molecular weight is 552 g/mol. The van der Waals surface area contributed by atoms with Gasteiger partial charge in [-0.2, -0.15) is 0 Å². The number of aromatic nitrogens is 3. The standard InChI is InChI=1S/C28H30ClN5O5/c29-20-10-11-21(39-16-23-31-30-22-8-3-4-13-32(22)23)25-19(20)12-15-34(26(25)33-14-5-9-24(33)35)27(36)17-6-1-2-7-18(17)28(37)38/h3-4,8,10-11,13,17-18,26H,1-2,5-7,9,12,14-16H2,(H,37,38)/t17-,18+,26?/m1/s1. The summed E-state index contributed by atoms with van der Waals surface area (Å²) in [6, 6.07) is 9.17. The maximum atomic E-state index is 14.1. The fourth-order valence-electron chi connectivity index (χ4n) is 6.34. The highest BCUT2D eigenvalue weighted by molar-refractivity contribution is 6.31. The number of carbonyl (C=O) groups excluding carboxylic acids is 2. The molecule has 39 heavy (non-hydrogen) atoms. The quantitative estimate of drug-likeness (QED) is 0.494. The molecule has 10 nitrogen and oxygen atoms in total. The van der Waals surface area contributed by atoms with Crippen LogP contribution in [0.1, 0.15) is 61.6 Å². The molecule has 2 aromatic heterocycles. The second-order valence-corrected chi connectivity index (χ2v) is 10.9. The highest BCUT2D eigenvalue weighted by atomic mass is 35.5. The Bertz CT molecular complexity index is 1440. The third kappa shape index (κ3) is 4.60. The molecule has 1 unspecified atom stereocenters. The Balaban J connectivity index is 1.39. The molecule has 3 atom stereocenters. The van der Waals surface area contributed by atoms with E-state index in [0.717, 1.165) is 18.4 Å². The summed E-state index contributed by atoms with van der Waals surface area (Å²) in [5.41, 5.74) is 2.23. The first-order valence-corrected chi connectivity index (χ1v) is 13.9. The van der Waals surface area contributed by atoms with E-state index in [4.69, 9.17) is 16.3 Å². The van der Waals surface area contributed by atoms with E-state index in [1.54, 1.807) is 21.9 Å². The highest BCUT2D eigenvalue weighted by Crippen LogP contribution is 2.45. The Kier molecular flexibility index (Phi) is 6.88. The van der Waals surface area contributed by atoms with Crippen LogP contribution in [0.15, 0.2) is 36.5 Å². The second-order valence-electron chi connectivity index (χ2n) is 10.5. The molecule has 0 spiro atoms. The Morgan fingerprint density at radius 2 is 1.85 bits per heavy atom. The van der Waals surface area contributed by atoms with Crippen molar-refractivity contribution in [2.75, 3.05) is 13.1 Å². The molecule has 2 aliphatic heterocycles. The average Bonchev–Trinajstić information content (AvgIpc) is 3.57. The second kappa shape index (κ2) is 10.5. The molecule has 1 saturated heterocycles. The number of hydrogen-bond acceptors (Lipinski definition) is 6. The zero-order chi connectivity index (χ0) is 27.1. The molecule has 204 valence electrons. The van der Waals surface area contributed by atoms with E-state index in [0.29, 0.717) is 73.0 Å². The molecule has 6 rings (SSSR count). The normalized spacial score (nSPS) is 23.2. The molecular weight excluding hydrogens is 522 g/mol. The van der Waals surface area contributed by atoms with E-state index in [9.17, 15) is 19.5 Å². The summed E-state index contributed by atoms with van der Waals surface area (Å²) < 4.78 is 8.16. The van der Waals surface area contributed by atoms with Crippen LogP contribution in [-0.4, -0.2) is 60.4 Å². The number of fused-ring (bicyclic) bond motifs is 2. The summed E-state index contributed by atoms with van der Waals surface area (Å²) in [5.74, 6) is -1.42. The third-order valence-electron chi connectivity index (χ3n) is 8.25. The van der Waals surface area contributed by atoms with Crippen molar-refractivity contribution in [3.8, 4) is 5.75 Å². The van der Waals surface area contributed by atoms with Gasteiger partial charge >= 0.3 is 5.97 Å². The molecule has 3 aliphatic rings. The molecule has 0 radical (unpaired) electrons. The van der Waals surface area contributed by atoms with Crippen LogP contribution in [0, 0.1) is 11.8 Å². The predicted octanol–water partition coefficient (Wildman–Crippen LogP) is 3.86. The Hall–Kier alpha value is -3.66.